The average molecular weight is 324 g/mol. The lowest BCUT2D eigenvalue weighted by Gasteiger charge is -2.28. The van der Waals surface area contributed by atoms with E-state index >= 15 is 0 Å². The van der Waals surface area contributed by atoms with Gasteiger partial charge in [-0.15, -0.1) is 0 Å². The number of amides is 1. The van der Waals surface area contributed by atoms with E-state index in [1.54, 1.807) is 0 Å². The summed E-state index contributed by atoms with van der Waals surface area (Å²) in [4.78, 5) is 13.5. The molecule has 1 heterocycles. The third-order valence-corrected chi connectivity index (χ3v) is 3.85. The van der Waals surface area contributed by atoms with Crippen LogP contribution in [0.25, 0.3) is 6.08 Å². The van der Waals surface area contributed by atoms with Gasteiger partial charge in [-0.3, -0.25) is 4.79 Å². The highest BCUT2D eigenvalue weighted by Gasteiger charge is 2.18. The van der Waals surface area contributed by atoms with Crippen molar-refractivity contribution in [3.63, 3.8) is 0 Å². The molecule has 0 bridgehead atoms. The number of aliphatic hydroxyl groups is 1. The number of benzene rings is 1. The van der Waals surface area contributed by atoms with E-state index in [1.165, 1.54) is 11.1 Å². The molecule has 1 amide bonds. The molecule has 0 unspecified atom stereocenters. The summed E-state index contributed by atoms with van der Waals surface area (Å²) < 4.78 is 1.08. The van der Waals surface area contributed by atoms with Crippen LogP contribution in [0, 0.1) is 0 Å². The Morgan fingerprint density at radius 2 is 1.89 bits per heavy atom. The third kappa shape index (κ3) is 4.18. The van der Waals surface area contributed by atoms with Gasteiger partial charge in [0.05, 0.1) is 6.61 Å². The van der Waals surface area contributed by atoms with Crippen LogP contribution in [-0.4, -0.2) is 35.6 Å². The zero-order valence-electron chi connectivity index (χ0n) is 10.8. The van der Waals surface area contributed by atoms with Gasteiger partial charge in [0.15, 0.2) is 0 Å². The van der Waals surface area contributed by atoms with Crippen molar-refractivity contribution in [1.82, 2.24) is 4.90 Å². The van der Waals surface area contributed by atoms with Gasteiger partial charge >= 0.3 is 0 Å². The molecule has 2 rings (SSSR count). The molecule has 0 aromatic heterocycles. The lowest BCUT2D eigenvalue weighted by atomic mass is 10.0. The predicted octanol–water partition coefficient (Wildman–Crippen LogP) is 2.84. The van der Waals surface area contributed by atoms with Crippen LogP contribution in [0.1, 0.15) is 24.8 Å². The molecule has 102 valence electrons. The van der Waals surface area contributed by atoms with Crippen molar-refractivity contribution in [3.8, 4) is 0 Å². The molecular weight excluding hydrogens is 306 g/mol. The molecule has 19 heavy (non-hydrogen) atoms. The Morgan fingerprint density at radius 1 is 1.26 bits per heavy atom. The molecule has 1 saturated heterocycles. The minimum atomic E-state index is -0.0586. The number of rotatable bonds is 3. The predicted molar refractivity (Wildman–Crippen MR) is 79.6 cm³/mol. The maximum absolute atomic E-state index is 11.6. The van der Waals surface area contributed by atoms with E-state index in [0.29, 0.717) is 0 Å². The zero-order valence-corrected chi connectivity index (χ0v) is 12.4. The summed E-state index contributed by atoms with van der Waals surface area (Å²) in [5.41, 5.74) is 2.59. The Hall–Kier alpha value is -1.13. The van der Waals surface area contributed by atoms with Crippen LogP contribution < -0.4 is 0 Å². The molecule has 4 heteroatoms. The fourth-order valence-corrected chi connectivity index (χ4v) is 2.50. The maximum atomic E-state index is 11.6. The monoisotopic (exact) mass is 323 g/mol. The quantitative estimate of drug-likeness (QED) is 0.929. The van der Waals surface area contributed by atoms with Crippen LogP contribution in [0.4, 0.5) is 0 Å². The van der Waals surface area contributed by atoms with Gasteiger partial charge in [-0.1, -0.05) is 39.7 Å². The first-order valence-corrected chi connectivity index (χ1v) is 7.32. The van der Waals surface area contributed by atoms with Crippen LogP contribution in [0.5, 0.6) is 0 Å². The summed E-state index contributed by atoms with van der Waals surface area (Å²) in [7, 11) is 0. The van der Waals surface area contributed by atoms with Gasteiger partial charge in [0.1, 0.15) is 0 Å². The Bertz CT molecular complexity index is 458. The highest BCUT2D eigenvalue weighted by atomic mass is 79.9. The van der Waals surface area contributed by atoms with Crippen LogP contribution in [-0.2, 0) is 4.79 Å². The molecule has 1 aliphatic rings. The second-order valence-electron chi connectivity index (χ2n) is 4.71. The number of hydrogen-bond acceptors (Lipinski definition) is 2. The number of aliphatic hydroxyl groups excluding tert-OH is 1. The fraction of sp³-hybridized carbons (Fsp3) is 0.400. The minimum Gasteiger partial charge on any atom is -0.396 e. The summed E-state index contributed by atoms with van der Waals surface area (Å²) in [6.07, 6.45) is 4.30. The minimum absolute atomic E-state index is 0.0586. The molecule has 1 N–H and O–H groups in total. The van der Waals surface area contributed by atoms with E-state index in [0.717, 1.165) is 30.4 Å². The number of carbonyl (C=O) groups excluding carboxylic acids is 1. The number of hydrogen-bond donors (Lipinski definition) is 1. The maximum Gasteiger partial charge on any atom is 0.224 e. The van der Waals surface area contributed by atoms with Crippen molar-refractivity contribution in [2.24, 2.45) is 0 Å². The van der Waals surface area contributed by atoms with Gasteiger partial charge in [-0.2, -0.15) is 0 Å². The van der Waals surface area contributed by atoms with Crippen LogP contribution in [0.15, 0.2) is 34.3 Å². The molecule has 0 saturated carbocycles. The number of nitrogens with zero attached hydrogens (tertiary/aromatic N) is 1. The van der Waals surface area contributed by atoms with Crippen LogP contribution in [0.2, 0.25) is 0 Å². The van der Waals surface area contributed by atoms with Crippen molar-refractivity contribution in [2.45, 2.75) is 19.3 Å². The van der Waals surface area contributed by atoms with Gasteiger partial charge in [-0.05, 0) is 30.5 Å². The van der Waals surface area contributed by atoms with Crippen molar-refractivity contribution in [2.75, 3.05) is 19.7 Å². The molecule has 1 aliphatic heterocycles. The van der Waals surface area contributed by atoms with E-state index in [2.05, 4.69) is 34.1 Å². The summed E-state index contributed by atoms with van der Waals surface area (Å²) in [6.45, 7) is 1.47. The SMILES string of the molecule is O=C(CCO)N1CCC(=Cc2ccc(Br)cc2)CC1. The first-order valence-electron chi connectivity index (χ1n) is 6.52. The average Bonchev–Trinajstić information content (AvgIpc) is 2.42. The lowest BCUT2D eigenvalue weighted by Crippen LogP contribution is -2.36. The van der Waals surface area contributed by atoms with Crippen molar-refractivity contribution in [3.05, 3.63) is 39.9 Å². The molecule has 1 aromatic carbocycles. The van der Waals surface area contributed by atoms with E-state index in [4.69, 9.17) is 5.11 Å². The first kappa shape index (κ1) is 14.3. The summed E-state index contributed by atoms with van der Waals surface area (Å²) in [6, 6.07) is 8.24. The van der Waals surface area contributed by atoms with Gasteiger partial charge in [0, 0.05) is 24.0 Å². The van der Waals surface area contributed by atoms with Crippen molar-refractivity contribution >= 4 is 27.9 Å². The third-order valence-electron chi connectivity index (χ3n) is 3.32. The fourth-order valence-electron chi connectivity index (χ4n) is 2.24. The van der Waals surface area contributed by atoms with Crippen molar-refractivity contribution < 1.29 is 9.90 Å². The largest absolute Gasteiger partial charge is 0.396 e. The molecular formula is C15H18BrNO2. The number of piperidine rings is 1. The zero-order chi connectivity index (χ0) is 13.7. The summed E-state index contributed by atoms with van der Waals surface area (Å²) in [5, 5.41) is 8.77. The standard InChI is InChI=1S/C15H18BrNO2/c16-14-3-1-12(2-4-14)11-13-5-8-17(9-6-13)15(19)7-10-18/h1-4,11,18H,5-10H2. The Morgan fingerprint density at radius 3 is 2.47 bits per heavy atom. The number of carbonyl (C=O) groups is 1. The highest BCUT2D eigenvalue weighted by molar-refractivity contribution is 9.10. The van der Waals surface area contributed by atoms with Gasteiger partial charge in [-0.25, -0.2) is 0 Å². The number of halogens is 1. The van der Waals surface area contributed by atoms with Crippen LogP contribution >= 0.6 is 15.9 Å². The molecule has 3 nitrogen and oxygen atoms in total. The highest BCUT2D eigenvalue weighted by Crippen LogP contribution is 2.21. The molecule has 0 atom stereocenters. The second kappa shape index (κ2) is 6.87. The van der Waals surface area contributed by atoms with E-state index in [1.807, 2.05) is 17.0 Å². The van der Waals surface area contributed by atoms with E-state index in [-0.39, 0.29) is 18.9 Å². The van der Waals surface area contributed by atoms with E-state index in [9.17, 15) is 4.79 Å². The van der Waals surface area contributed by atoms with Crippen LogP contribution in [0.3, 0.4) is 0 Å². The second-order valence-corrected chi connectivity index (χ2v) is 5.62. The van der Waals surface area contributed by atoms with Gasteiger partial charge in [0.25, 0.3) is 0 Å². The molecule has 0 aliphatic carbocycles. The topological polar surface area (TPSA) is 40.5 Å². The molecule has 1 aromatic rings. The first-order chi connectivity index (χ1) is 9.19. The van der Waals surface area contributed by atoms with Gasteiger partial charge in [0.2, 0.25) is 5.91 Å². The molecule has 0 radical (unpaired) electrons. The lowest BCUT2D eigenvalue weighted by molar-refractivity contribution is -0.132. The molecule has 1 fully saturated rings. The Kier molecular flexibility index (Phi) is 5.16. The molecule has 0 spiro atoms. The normalized spacial score (nSPS) is 15.5. The summed E-state index contributed by atoms with van der Waals surface area (Å²) in [5.74, 6) is 0.0604. The summed E-state index contributed by atoms with van der Waals surface area (Å²) >= 11 is 3.42. The Balaban J connectivity index is 1.92. The Labute approximate surface area is 122 Å². The number of likely N-dealkylation sites (tertiary alicyclic amines) is 1. The van der Waals surface area contributed by atoms with Gasteiger partial charge < -0.3 is 10.0 Å². The van der Waals surface area contributed by atoms with E-state index < -0.39 is 0 Å². The smallest absolute Gasteiger partial charge is 0.224 e. The van der Waals surface area contributed by atoms with Crippen molar-refractivity contribution in [1.29, 1.82) is 0 Å².